The molecule has 3 N–H and O–H groups in total. The Hall–Kier alpha value is -0.810. The molecule has 0 aromatic carbocycles. The number of amides is 2. The zero-order valence-electron chi connectivity index (χ0n) is 12.5. The number of nitrogens with two attached hydrogens (primary N) is 1. The molecular weight excluding hydrogens is 240 g/mol. The summed E-state index contributed by atoms with van der Waals surface area (Å²) in [6.45, 7) is 11.2. The molecule has 19 heavy (non-hydrogen) atoms. The number of hydrogen-bond donors (Lipinski definition) is 2. The van der Waals surface area contributed by atoms with Crippen LogP contribution in [0.4, 0.5) is 4.79 Å². The molecule has 2 saturated heterocycles. The third-order valence-corrected chi connectivity index (χ3v) is 4.43. The molecule has 2 aliphatic rings. The summed E-state index contributed by atoms with van der Waals surface area (Å²) in [4.78, 5) is 16.6. The van der Waals surface area contributed by atoms with Crippen LogP contribution in [-0.4, -0.2) is 60.6 Å². The summed E-state index contributed by atoms with van der Waals surface area (Å²) in [5.41, 5.74) is 5.72. The molecular formula is C14H28N4O. The molecule has 0 spiro atoms. The number of nitrogens with one attached hydrogen (secondary N) is 1. The predicted molar refractivity (Wildman–Crippen MR) is 77.0 cm³/mol. The van der Waals surface area contributed by atoms with Crippen LogP contribution in [-0.2, 0) is 0 Å². The number of carbonyl (C=O) groups is 1. The first-order chi connectivity index (χ1) is 8.91. The maximum atomic E-state index is 12.1. The van der Waals surface area contributed by atoms with Crippen molar-refractivity contribution in [2.45, 2.75) is 45.7 Å². The quantitative estimate of drug-likeness (QED) is 0.797. The van der Waals surface area contributed by atoms with E-state index in [1.807, 2.05) is 0 Å². The molecule has 0 bridgehead atoms. The lowest BCUT2D eigenvalue weighted by molar-refractivity contribution is 0.133. The Morgan fingerprint density at radius 1 is 1.32 bits per heavy atom. The largest absolute Gasteiger partial charge is 0.333 e. The standard InChI is InChI=1S/C14H28N4O/c1-14(2,3)12-10-18(13(19)16-12)11-4-7-17(8-5-11)9-6-15/h11-12H,4-10,15H2,1-3H3,(H,16,19). The van der Waals surface area contributed by atoms with Crippen molar-refractivity contribution in [1.29, 1.82) is 0 Å². The minimum atomic E-state index is 0.122. The molecule has 2 heterocycles. The Balaban J connectivity index is 1.88. The number of urea groups is 1. The third-order valence-electron chi connectivity index (χ3n) is 4.43. The fraction of sp³-hybridized carbons (Fsp3) is 0.929. The second kappa shape index (κ2) is 5.67. The number of nitrogens with zero attached hydrogens (tertiary/aromatic N) is 2. The number of piperidine rings is 1. The fourth-order valence-corrected chi connectivity index (χ4v) is 3.00. The van der Waals surface area contributed by atoms with Crippen molar-refractivity contribution in [1.82, 2.24) is 15.1 Å². The average Bonchev–Trinajstić information content (AvgIpc) is 2.73. The van der Waals surface area contributed by atoms with Crippen molar-refractivity contribution in [2.75, 3.05) is 32.7 Å². The van der Waals surface area contributed by atoms with Gasteiger partial charge in [0.15, 0.2) is 0 Å². The van der Waals surface area contributed by atoms with Crippen molar-refractivity contribution >= 4 is 6.03 Å². The van der Waals surface area contributed by atoms with Gasteiger partial charge in [0.1, 0.15) is 0 Å². The Labute approximate surface area is 116 Å². The first-order valence-corrected chi connectivity index (χ1v) is 7.41. The van der Waals surface area contributed by atoms with Crippen LogP contribution in [0.1, 0.15) is 33.6 Å². The molecule has 1 unspecified atom stereocenters. The molecule has 5 nitrogen and oxygen atoms in total. The highest BCUT2D eigenvalue weighted by Crippen LogP contribution is 2.27. The Morgan fingerprint density at radius 2 is 1.95 bits per heavy atom. The van der Waals surface area contributed by atoms with Crippen molar-refractivity contribution in [2.24, 2.45) is 11.1 Å². The molecule has 0 aromatic rings. The van der Waals surface area contributed by atoms with E-state index >= 15 is 0 Å². The average molecular weight is 268 g/mol. The first kappa shape index (κ1) is 14.6. The van der Waals surface area contributed by atoms with Gasteiger partial charge >= 0.3 is 6.03 Å². The van der Waals surface area contributed by atoms with Gasteiger partial charge in [-0.3, -0.25) is 0 Å². The zero-order chi connectivity index (χ0) is 14.0. The van der Waals surface area contributed by atoms with E-state index in [1.54, 1.807) is 0 Å². The topological polar surface area (TPSA) is 61.6 Å². The molecule has 2 rings (SSSR count). The van der Waals surface area contributed by atoms with Gasteiger partial charge in [-0.15, -0.1) is 0 Å². The summed E-state index contributed by atoms with van der Waals surface area (Å²) in [5.74, 6) is 0. The van der Waals surface area contributed by atoms with E-state index in [1.165, 1.54) is 0 Å². The molecule has 2 aliphatic heterocycles. The maximum absolute atomic E-state index is 12.1. The summed E-state index contributed by atoms with van der Waals surface area (Å²) in [6, 6.07) is 0.792. The van der Waals surface area contributed by atoms with E-state index in [2.05, 4.69) is 35.9 Å². The Morgan fingerprint density at radius 3 is 2.42 bits per heavy atom. The minimum absolute atomic E-state index is 0.122. The van der Waals surface area contributed by atoms with E-state index in [0.29, 0.717) is 6.04 Å². The van der Waals surface area contributed by atoms with Crippen LogP contribution in [0.5, 0.6) is 0 Å². The van der Waals surface area contributed by atoms with Crippen LogP contribution in [0.25, 0.3) is 0 Å². The van der Waals surface area contributed by atoms with Crippen LogP contribution in [0.3, 0.4) is 0 Å². The third kappa shape index (κ3) is 3.39. The van der Waals surface area contributed by atoms with Gasteiger partial charge in [-0.05, 0) is 18.3 Å². The smallest absolute Gasteiger partial charge is 0.318 e. The van der Waals surface area contributed by atoms with Gasteiger partial charge in [0.25, 0.3) is 0 Å². The van der Waals surface area contributed by atoms with Crippen LogP contribution in [0.2, 0.25) is 0 Å². The number of carbonyl (C=O) groups excluding carboxylic acids is 1. The molecule has 5 heteroatoms. The highest BCUT2D eigenvalue weighted by molar-refractivity contribution is 5.77. The van der Waals surface area contributed by atoms with E-state index in [4.69, 9.17) is 5.73 Å². The van der Waals surface area contributed by atoms with Crippen molar-refractivity contribution in [3.8, 4) is 0 Å². The molecule has 110 valence electrons. The van der Waals surface area contributed by atoms with E-state index < -0.39 is 0 Å². The maximum Gasteiger partial charge on any atom is 0.318 e. The second-order valence-electron chi connectivity index (χ2n) is 6.88. The molecule has 0 aromatic heterocycles. The normalized spacial score (nSPS) is 26.8. The monoisotopic (exact) mass is 268 g/mol. The van der Waals surface area contributed by atoms with E-state index in [-0.39, 0.29) is 17.5 Å². The van der Waals surface area contributed by atoms with E-state index in [0.717, 1.165) is 45.6 Å². The van der Waals surface area contributed by atoms with Crippen molar-refractivity contribution in [3.05, 3.63) is 0 Å². The molecule has 0 aliphatic carbocycles. The summed E-state index contributed by atoms with van der Waals surface area (Å²) < 4.78 is 0. The Kier molecular flexibility index (Phi) is 4.36. The van der Waals surface area contributed by atoms with E-state index in [9.17, 15) is 4.79 Å². The summed E-state index contributed by atoms with van der Waals surface area (Å²) >= 11 is 0. The van der Waals surface area contributed by atoms with Gasteiger partial charge in [-0.1, -0.05) is 20.8 Å². The molecule has 1 atom stereocenters. The summed E-state index contributed by atoms with van der Waals surface area (Å²) in [6.07, 6.45) is 2.15. The van der Waals surface area contributed by atoms with Gasteiger partial charge in [0.05, 0.1) is 6.04 Å². The predicted octanol–water partition coefficient (Wildman–Crippen LogP) is 0.849. The van der Waals surface area contributed by atoms with Gasteiger partial charge in [0.2, 0.25) is 0 Å². The van der Waals surface area contributed by atoms with Crippen molar-refractivity contribution < 1.29 is 4.79 Å². The number of hydrogen-bond acceptors (Lipinski definition) is 3. The molecule has 2 amide bonds. The van der Waals surface area contributed by atoms with Crippen LogP contribution in [0.15, 0.2) is 0 Å². The lowest BCUT2D eigenvalue weighted by Crippen LogP contribution is -2.47. The minimum Gasteiger partial charge on any atom is -0.333 e. The van der Waals surface area contributed by atoms with Gasteiger partial charge in [0, 0.05) is 38.8 Å². The van der Waals surface area contributed by atoms with Crippen LogP contribution >= 0.6 is 0 Å². The molecule has 0 radical (unpaired) electrons. The molecule has 2 fully saturated rings. The highest BCUT2D eigenvalue weighted by atomic mass is 16.2. The second-order valence-corrected chi connectivity index (χ2v) is 6.88. The molecule has 0 saturated carbocycles. The summed E-state index contributed by atoms with van der Waals surface area (Å²) in [7, 11) is 0. The number of likely N-dealkylation sites (tertiary alicyclic amines) is 1. The van der Waals surface area contributed by atoms with Gasteiger partial charge in [-0.25, -0.2) is 4.79 Å². The lowest BCUT2D eigenvalue weighted by atomic mass is 9.87. The zero-order valence-corrected chi connectivity index (χ0v) is 12.5. The van der Waals surface area contributed by atoms with Crippen LogP contribution in [0, 0.1) is 5.41 Å². The first-order valence-electron chi connectivity index (χ1n) is 7.41. The Bertz CT molecular complexity index is 318. The number of rotatable bonds is 3. The van der Waals surface area contributed by atoms with Crippen molar-refractivity contribution in [3.63, 3.8) is 0 Å². The van der Waals surface area contributed by atoms with Gasteiger partial charge < -0.3 is 20.9 Å². The summed E-state index contributed by atoms with van der Waals surface area (Å²) in [5, 5.41) is 3.13. The fourth-order valence-electron chi connectivity index (χ4n) is 3.00. The van der Waals surface area contributed by atoms with Crippen LogP contribution < -0.4 is 11.1 Å². The SMILES string of the molecule is CC(C)(C)C1CN(C2CCN(CCN)CC2)C(=O)N1. The lowest BCUT2D eigenvalue weighted by Gasteiger charge is -2.36. The highest BCUT2D eigenvalue weighted by Gasteiger charge is 2.39. The van der Waals surface area contributed by atoms with Gasteiger partial charge in [-0.2, -0.15) is 0 Å².